The lowest BCUT2D eigenvalue weighted by Gasteiger charge is -1.79. The molecule has 0 unspecified atom stereocenters. The van der Waals surface area contributed by atoms with Crippen molar-refractivity contribution in [1.29, 1.82) is 0 Å². The van der Waals surface area contributed by atoms with E-state index in [-0.39, 0.29) is 0 Å². The van der Waals surface area contributed by atoms with Gasteiger partial charge in [-0.15, -0.1) is 0 Å². The third kappa shape index (κ3) is 5.21. The van der Waals surface area contributed by atoms with Gasteiger partial charge in [-0.3, -0.25) is 4.99 Å². The van der Waals surface area contributed by atoms with Gasteiger partial charge in [-0.05, 0) is 6.42 Å². The van der Waals surface area contributed by atoms with Crippen LogP contribution in [0.2, 0.25) is 0 Å². The van der Waals surface area contributed by atoms with E-state index in [4.69, 9.17) is 0 Å². The van der Waals surface area contributed by atoms with Crippen LogP contribution in [0, 0.1) is 0 Å². The Morgan fingerprint density at radius 1 is 1.62 bits per heavy atom. The van der Waals surface area contributed by atoms with Gasteiger partial charge in [-0.2, -0.15) is 0 Å². The molecule has 0 aliphatic heterocycles. The third-order valence-electron chi connectivity index (χ3n) is 0.571. The highest BCUT2D eigenvalue weighted by Crippen LogP contribution is 1.74. The van der Waals surface area contributed by atoms with Crippen molar-refractivity contribution < 1.29 is 4.74 Å². The lowest BCUT2D eigenvalue weighted by Crippen LogP contribution is -1.65. The average molecular weight is 113 g/mol. The number of hydrogen-bond acceptors (Lipinski definition) is 2. The molecule has 8 heavy (non-hydrogen) atoms. The van der Waals surface area contributed by atoms with Crippen molar-refractivity contribution >= 4 is 6.21 Å². The fourth-order valence-electron chi connectivity index (χ4n) is 0.262. The molecule has 0 radical (unpaired) electrons. The van der Waals surface area contributed by atoms with Crippen LogP contribution in [0.25, 0.3) is 0 Å². The van der Waals surface area contributed by atoms with Crippen LogP contribution in [0.4, 0.5) is 0 Å². The second-order valence-electron chi connectivity index (χ2n) is 1.26. The fraction of sp³-hybridized carbons (Fsp3) is 0.500. The van der Waals surface area contributed by atoms with Gasteiger partial charge >= 0.3 is 0 Å². The molecule has 0 rings (SSSR count). The van der Waals surface area contributed by atoms with E-state index in [1.54, 1.807) is 13.3 Å². The van der Waals surface area contributed by atoms with Crippen LogP contribution < -0.4 is 0 Å². The Labute approximate surface area is 49.9 Å². The Balaban J connectivity index is 3.13. The van der Waals surface area contributed by atoms with Crippen molar-refractivity contribution in [1.82, 2.24) is 0 Å². The van der Waals surface area contributed by atoms with Crippen LogP contribution in [0.1, 0.15) is 13.3 Å². The van der Waals surface area contributed by atoms with Crippen molar-refractivity contribution in [3.63, 3.8) is 0 Å². The molecule has 46 valence electrons. The zero-order valence-corrected chi connectivity index (χ0v) is 5.29. The molecule has 2 heteroatoms. The van der Waals surface area contributed by atoms with Gasteiger partial charge in [0.05, 0.1) is 13.3 Å². The highest BCUT2D eigenvalue weighted by Gasteiger charge is 1.61. The zero-order chi connectivity index (χ0) is 6.24. The average Bonchev–Trinajstić information content (AvgIpc) is 1.81. The molecule has 0 aliphatic rings. The Morgan fingerprint density at radius 3 is 2.88 bits per heavy atom. The molecule has 0 heterocycles. The Kier molecular flexibility index (Phi) is 5.60. The van der Waals surface area contributed by atoms with Gasteiger partial charge in [-0.25, -0.2) is 0 Å². The van der Waals surface area contributed by atoms with Crippen LogP contribution in [-0.4, -0.2) is 13.3 Å². The van der Waals surface area contributed by atoms with Crippen LogP contribution in [-0.2, 0) is 4.74 Å². The van der Waals surface area contributed by atoms with Crippen molar-refractivity contribution in [2.75, 3.05) is 7.11 Å². The summed E-state index contributed by atoms with van der Waals surface area (Å²) in [6.07, 6.45) is 5.93. The Morgan fingerprint density at radius 2 is 2.38 bits per heavy atom. The zero-order valence-electron chi connectivity index (χ0n) is 5.29. The first kappa shape index (κ1) is 7.21. The van der Waals surface area contributed by atoms with Crippen molar-refractivity contribution in [2.45, 2.75) is 13.3 Å². The van der Waals surface area contributed by atoms with Gasteiger partial charge in [-0.1, -0.05) is 6.92 Å². The van der Waals surface area contributed by atoms with Gasteiger partial charge < -0.3 is 4.74 Å². The highest BCUT2D eigenvalue weighted by molar-refractivity contribution is 5.57. The number of ether oxygens (including phenoxy) is 1. The summed E-state index contributed by atoms with van der Waals surface area (Å²) in [6, 6.07) is 0. The van der Waals surface area contributed by atoms with E-state index in [9.17, 15) is 0 Å². The van der Waals surface area contributed by atoms with Gasteiger partial charge in [0.1, 0.15) is 6.26 Å². The standard InChI is InChI=1S/C6H11NO/c1-3-4-7-5-6-8-2/h4-6H,3H2,1-2H3/b6-5+,7-4-. The summed E-state index contributed by atoms with van der Waals surface area (Å²) in [5.41, 5.74) is 0. The third-order valence-corrected chi connectivity index (χ3v) is 0.571. The molecule has 0 saturated heterocycles. The molecule has 0 N–H and O–H groups in total. The van der Waals surface area contributed by atoms with E-state index >= 15 is 0 Å². The molecule has 0 aromatic carbocycles. The molecule has 0 aliphatic carbocycles. The molecule has 0 atom stereocenters. The fourth-order valence-corrected chi connectivity index (χ4v) is 0.262. The predicted molar refractivity (Wildman–Crippen MR) is 34.9 cm³/mol. The summed E-state index contributed by atoms with van der Waals surface area (Å²) < 4.78 is 4.59. The minimum absolute atomic E-state index is 0.966. The monoisotopic (exact) mass is 113 g/mol. The number of rotatable bonds is 3. The van der Waals surface area contributed by atoms with Crippen molar-refractivity contribution in [2.24, 2.45) is 4.99 Å². The summed E-state index contributed by atoms with van der Waals surface area (Å²) in [4.78, 5) is 3.85. The maximum atomic E-state index is 4.59. The van der Waals surface area contributed by atoms with Gasteiger partial charge in [0.2, 0.25) is 0 Å². The van der Waals surface area contributed by atoms with Crippen LogP contribution in [0.3, 0.4) is 0 Å². The van der Waals surface area contributed by atoms with Crippen LogP contribution in [0.15, 0.2) is 17.5 Å². The molecule has 2 nitrogen and oxygen atoms in total. The molecular formula is C6H11NO. The molecule has 0 spiro atoms. The van der Waals surface area contributed by atoms with Crippen molar-refractivity contribution in [3.05, 3.63) is 12.5 Å². The largest absolute Gasteiger partial charge is 0.503 e. The summed E-state index contributed by atoms with van der Waals surface area (Å²) in [6.45, 7) is 2.03. The van der Waals surface area contributed by atoms with E-state index in [1.807, 2.05) is 13.1 Å². The summed E-state index contributed by atoms with van der Waals surface area (Å²) >= 11 is 0. The van der Waals surface area contributed by atoms with Gasteiger partial charge in [0, 0.05) is 6.21 Å². The topological polar surface area (TPSA) is 21.6 Å². The smallest absolute Gasteiger partial charge is 0.101 e. The molecule has 0 aromatic heterocycles. The van der Waals surface area contributed by atoms with Crippen molar-refractivity contribution in [3.8, 4) is 0 Å². The quantitative estimate of drug-likeness (QED) is 0.402. The maximum absolute atomic E-state index is 4.59. The first-order chi connectivity index (χ1) is 3.91. The lowest BCUT2D eigenvalue weighted by molar-refractivity contribution is 0.337. The SMILES string of the molecule is CC/C=N\C=C\OC. The second-order valence-corrected chi connectivity index (χ2v) is 1.26. The van der Waals surface area contributed by atoms with E-state index < -0.39 is 0 Å². The van der Waals surface area contributed by atoms with Crippen LogP contribution in [0.5, 0.6) is 0 Å². The minimum atomic E-state index is 0.966. The molecular weight excluding hydrogens is 102 g/mol. The van der Waals surface area contributed by atoms with Crippen LogP contribution >= 0.6 is 0 Å². The molecule has 0 aromatic rings. The van der Waals surface area contributed by atoms with E-state index in [0.29, 0.717) is 0 Å². The first-order valence-electron chi connectivity index (χ1n) is 2.61. The van der Waals surface area contributed by atoms with E-state index in [1.165, 1.54) is 6.26 Å². The number of methoxy groups -OCH3 is 1. The molecule has 0 amide bonds. The van der Waals surface area contributed by atoms with E-state index in [0.717, 1.165) is 6.42 Å². The second kappa shape index (κ2) is 6.21. The lowest BCUT2D eigenvalue weighted by atomic mass is 10.5. The predicted octanol–water partition coefficient (Wildman–Crippen LogP) is 1.58. The highest BCUT2D eigenvalue weighted by atomic mass is 16.5. The minimum Gasteiger partial charge on any atom is -0.503 e. The normalized spacial score (nSPS) is 11.2. The summed E-state index contributed by atoms with van der Waals surface area (Å²) in [7, 11) is 1.60. The van der Waals surface area contributed by atoms with Gasteiger partial charge in [0.25, 0.3) is 0 Å². The summed E-state index contributed by atoms with van der Waals surface area (Å²) in [5.74, 6) is 0. The van der Waals surface area contributed by atoms with Gasteiger partial charge in [0.15, 0.2) is 0 Å². The number of nitrogens with zero attached hydrogens (tertiary/aromatic N) is 1. The van der Waals surface area contributed by atoms with E-state index in [2.05, 4.69) is 9.73 Å². The molecule has 0 saturated carbocycles. The Hall–Kier alpha value is -0.790. The summed E-state index contributed by atoms with van der Waals surface area (Å²) in [5, 5.41) is 0. The molecule has 0 bridgehead atoms. The maximum Gasteiger partial charge on any atom is 0.101 e. The first-order valence-corrected chi connectivity index (χ1v) is 2.61. The number of aliphatic imine (C=N–C) groups is 1. The Bertz CT molecular complexity index is 74.5. The number of hydrogen-bond donors (Lipinski definition) is 0. The molecule has 0 fully saturated rings.